The van der Waals surface area contributed by atoms with Gasteiger partial charge in [-0.15, -0.1) is 0 Å². The molecule has 174 valence electrons. The third kappa shape index (κ3) is 4.86. The number of carbonyl (C=O) groups excluding carboxylic acids is 1. The molecule has 1 saturated heterocycles. The van der Waals surface area contributed by atoms with Gasteiger partial charge in [0.1, 0.15) is 23.5 Å². The minimum Gasteiger partial charge on any atom is -0.441 e. The molecule has 0 saturated carbocycles. The number of halogens is 1. The Kier molecular flexibility index (Phi) is 6.38. The maximum atomic E-state index is 14.9. The lowest BCUT2D eigenvalue weighted by Crippen LogP contribution is -2.36. The SMILES string of the molecule is COCc1cn2c(Nc3cc([C@H]4OC[C@@H](OC(=O)NC(C)C)[C@@H]4F)[nH]n3)nc(C#N)cc2n1. The van der Waals surface area contributed by atoms with E-state index in [1.165, 1.54) is 0 Å². The molecule has 3 aromatic rings. The van der Waals surface area contributed by atoms with Crippen LogP contribution in [0.25, 0.3) is 5.65 Å². The number of ether oxygens (including phenoxy) is 3. The van der Waals surface area contributed by atoms with Gasteiger partial charge in [-0.05, 0) is 13.8 Å². The summed E-state index contributed by atoms with van der Waals surface area (Å²) in [5.74, 6) is 0.626. The van der Waals surface area contributed by atoms with Crippen LogP contribution in [-0.2, 0) is 20.8 Å². The molecule has 0 spiro atoms. The highest BCUT2D eigenvalue weighted by atomic mass is 19.1. The molecule has 1 aliphatic rings. The zero-order valence-electron chi connectivity index (χ0n) is 18.2. The summed E-state index contributed by atoms with van der Waals surface area (Å²) in [5, 5.41) is 21.7. The molecule has 13 heteroatoms. The van der Waals surface area contributed by atoms with Crippen molar-refractivity contribution in [3.8, 4) is 6.07 Å². The minimum absolute atomic E-state index is 0.0805. The molecule has 0 aliphatic carbocycles. The number of aromatic amines is 1. The molecule has 0 unspecified atom stereocenters. The Morgan fingerprint density at radius 2 is 2.27 bits per heavy atom. The van der Waals surface area contributed by atoms with Gasteiger partial charge in [0, 0.05) is 31.5 Å². The number of hydrogen-bond donors (Lipinski definition) is 3. The first kappa shape index (κ1) is 22.4. The van der Waals surface area contributed by atoms with Gasteiger partial charge < -0.3 is 24.8 Å². The zero-order chi connectivity index (χ0) is 23.5. The van der Waals surface area contributed by atoms with E-state index >= 15 is 0 Å². The number of methoxy groups -OCH3 is 1. The van der Waals surface area contributed by atoms with Crippen LogP contribution in [0.5, 0.6) is 0 Å². The van der Waals surface area contributed by atoms with E-state index in [0.29, 0.717) is 35.4 Å². The average Bonchev–Trinajstić information content (AvgIpc) is 3.47. The highest BCUT2D eigenvalue weighted by Crippen LogP contribution is 2.33. The number of nitrogens with one attached hydrogen (secondary N) is 3. The molecule has 12 nitrogen and oxygen atoms in total. The predicted octanol–water partition coefficient (Wildman–Crippen LogP) is 2.13. The lowest BCUT2D eigenvalue weighted by atomic mass is 10.1. The number of nitrogens with zero attached hydrogens (tertiary/aromatic N) is 5. The maximum absolute atomic E-state index is 14.9. The van der Waals surface area contributed by atoms with Gasteiger partial charge in [-0.1, -0.05) is 0 Å². The molecular weight excluding hydrogens is 435 g/mol. The van der Waals surface area contributed by atoms with Crippen LogP contribution in [-0.4, -0.2) is 62.7 Å². The Labute approximate surface area is 188 Å². The topological polar surface area (TPSA) is 151 Å². The molecular formula is C20H23FN8O4. The quantitative estimate of drug-likeness (QED) is 0.483. The van der Waals surface area contributed by atoms with E-state index in [0.717, 1.165) is 0 Å². The number of rotatable bonds is 7. The summed E-state index contributed by atoms with van der Waals surface area (Å²) in [6.07, 6.45) is -2.56. The summed E-state index contributed by atoms with van der Waals surface area (Å²) in [6, 6.07) is 4.98. The van der Waals surface area contributed by atoms with Gasteiger partial charge in [-0.2, -0.15) is 10.4 Å². The highest BCUT2D eigenvalue weighted by molar-refractivity contribution is 5.67. The molecule has 4 rings (SSSR count). The van der Waals surface area contributed by atoms with Gasteiger partial charge in [0.25, 0.3) is 0 Å². The number of imidazole rings is 1. The minimum atomic E-state index is -1.58. The number of amides is 1. The summed E-state index contributed by atoms with van der Waals surface area (Å²) in [4.78, 5) is 20.4. The van der Waals surface area contributed by atoms with Crippen molar-refractivity contribution in [2.24, 2.45) is 0 Å². The standard InChI is InChI=1S/C20H23FN8O4/c1-10(2)23-20(30)33-14-9-32-18(17(14)21)13-5-15(28-27-13)26-19-25-11(6-22)4-16-24-12(8-31-3)7-29(16)19/h4-5,7,10,14,17-18H,8-9H2,1-3H3,(H,23,30)(H2,25,26,27,28)/t14-,17+,18-/m1/s1. The molecule has 0 radical (unpaired) electrons. The van der Waals surface area contributed by atoms with Gasteiger partial charge in [-0.3, -0.25) is 9.50 Å². The molecule has 1 aliphatic heterocycles. The van der Waals surface area contributed by atoms with Crippen LogP contribution in [0.3, 0.4) is 0 Å². The van der Waals surface area contributed by atoms with Crippen LogP contribution in [0, 0.1) is 11.3 Å². The van der Waals surface area contributed by atoms with Crippen LogP contribution >= 0.6 is 0 Å². The van der Waals surface area contributed by atoms with Crippen LogP contribution < -0.4 is 10.6 Å². The number of alkyl halides is 1. The zero-order valence-corrected chi connectivity index (χ0v) is 18.2. The van der Waals surface area contributed by atoms with E-state index < -0.39 is 24.5 Å². The van der Waals surface area contributed by atoms with Crippen LogP contribution in [0.15, 0.2) is 18.3 Å². The monoisotopic (exact) mass is 458 g/mol. The van der Waals surface area contributed by atoms with Crippen molar-refractivity contribution in [2.75, 3.05) is 19.0 Å². The van der Waals surface area contributed by atoms with Gasteiger partial charge in [-0.25, -0.2) is 19.2 Å². The Balaban J connectivity index is 1.50. The number of aromatic nitrogens is 5. The molecule has 3 aromatic heterocycles. The van der Waals surface area contributed by atoms with Crippen LogP contribution in [0.2, 0.25) is 0 Å². The van der Waals surface area contributed by atoms with Crippen molar-refractivity contribution in [1.82, 2.24) is 29.9 Å². The lowest BCUT2D eigenvalue weighted by molar-refractivity contribution is 0.0615. The maximum Gasteiger partial charge on any atom is 0.407 e. The Hall–Kier alpha value is -3.76. The van der Waals surface area contributed by atoms with Crippen molar-refractivity contribution in [1.29, 1.82) is 5.26 Å². The van der Waals surface area contributed by atoms with Gasteiger partial charge in [0.05, 0.1) is 24.6 Å². The number of fused-ring (bicyclic) bond motifs is 1. The average molecular weight is 458 g/mol. The third-order valence-corrected chi connectivity index (χ3v) is 4.80. The molecule has 3 atom stereocenters. The normalized spacial score (nSPS) is 20.2. The van der Waals surface area contributed by atoms with Crippen molar-refractivity contribution < 1.29 is 23.4 Å². The van der Waals surface area contributed by atoms with Crippen molar-refractivity contribution in [2.45, 2.75) is 44.9 Å². The van der Waals surface area contributed by atoms with Crippen molar-refractivity contribution in [3.63, 3.8) is 0 Å². The van der Waals surface area contributed by atoms with Crippen molar-refractivity contribution in [3.05, 3.63) is 35.4 Å². The van der Waals surface area contributed by atoms with E-state index in [9.17, 15) is 14.4 Å². The number of hydrogen-bond acceptors (Lipinski definition) is 9. The Bertz CT molecular complexity index is 1190. The highest BCUT2D eigenvalue weighted by Gasteiger charge is 2.42. The molecule has 3 N–H and O–H groups in total. The van der Waals surface area contributed by atoms with E-state index in [2.05, 4.69) is 30.8 Å². The first-order chi connectivity index (χ1) is 15.9. The summed E-state index contributed by atoms with van der Waals surface area (Å²) < 4.78 is 32.3. The van der Waals surface area contributed by atoms with Crippen molar-refractivity contribution >= 4 is 23.5 Å². The first-order valence-electron chi connectivity index (χ1n) is 10.2. The summed E-state index contributed by atoms with van der Waals surface area (Å²) in [6.45, 7) is 3.77. The second kappa shape index (κ2) is 9.39. The number of anilines is 2. The van der Waals surface area contributed by atoms with Gasteiger partial charge >= 0.3 is 6.09 Å². The fourth-order valence-electron chi connectivity index (χ4n) is 3.41. The predicted molar refractivity (Wildman–Crippen MR) is 112 cm³/mol. The van der Waals surface area contributed by atoms with E-state index in [4.69, 9.17) is 14.2 Å². The Morgan fingerprint density at radius 3 is 3.00 bits per heavy atom. The number of carbonyl (C=O) groups is 1. The number of nitriles is 1. The molecule has 4 heterocycles. The van der Waals surface area contributed by atoms with E-state index in [1.807, 2.05) is 6.07 Å². The third-order valence-electron chi connectivity index (χ3n) is 4.80. The second-order valence-electron chi connectivity index (χ2n) is 7.74. The van der Waals surface area contributed by atoms with Gasteiger partial charge in [0.15, 0.2) is 18.1 Å². The molecule has 33 heavy (non-hydrogen) atoms. The fraction of sp³-hybridized carbons (Fsp3) is 0.450. The molecule has 1 fully saturated rings. The van der Waals surface area contributed by atoms with E-state index in [1.54, 1.807) is 43.7 Å². The number of alkyl carbamates (subject to hydrolysis) is 1. The second-order valence-corrected chi connectivity index (χ2v) is 7.74. The Morgan fingerprint density at radius 1 is 1.45 bits per heavy atom. The molecule has 1 amide bonds. The van der Waals surface area contributed by atoms with Crippen LogP contribution in [0.1, 0.15) is 37.0 Å². The number of H-pyrrole nitrogens is 1. The van der Waals surface area contributed by atoms with Gasteiger partial charge in [0.2, 0.25) is 5.95 Å². The summed E-state index contributed by atoms with van der Waals surface area (Å²) in [5.41, 5.74) is 1.69. The lowest BCUT2D eigenvalue weighted by Gasteiger charge is -2.16. The molecule has 0 bridgehead atoms. The molecule has 0 aromatic carbocycles. The smallest absolute Gasteiger partial charge is 0.407 e. The van der Waals surface area contributed by atoms with Crippen LogP contribution in [0.4, 0.5) is 21.0 Å². The fourth-order valence-corrected chi connectivity index (χ4v) is 3.41. The van der Waals surface area contributed by atoms with E-state index in [-0.39, 0.29) is 18.3 Å². The summed E-state index contributed by atoms with van der Waals surface area (Å²) in [7, 11) is 1.56. The summed E-state index contributed by atoms with van der Waals surface area (Å²) >= 11 is 0. The largest absolute Gasteiger partial charge is 0.441 e. The first-order valence-corrected chi connectivity index (χ1v) is 10.2.